The average Bonchev–Trinajstić information content (AvgIpc) is 3.16. The SMILES string of the molecule is O=C1Cc2ccccc2C(=O)N1C(Cc1ccccc1)C1=COCO1. The van der Waals surface area contributed by atoms with Crippen LogP contribution in [0.4, 0.5) is 0 Å². The highest BCUT2D eigenvalue weighted by atomic mass is 16.7. The lowest BCUT2D eigenvalue weighted by Crippen LogP contribution is -2.50. The van der Waals surface area contributed by atoms with Gasteiger partial charge in [-0.2, -0.15) is 0 Å². The third kappa shape index (κ3) is 2.89. The molecule has 0 fully saturated rings. The van der Waals surface area contributed by atoms with Crippen molar-refractivity contribution < 1.29 is 19.1 Å². The molecule has 0 spiro atoms. The van der Waals surface area contributed by atoms with E-state index in [1.165, 1.54) is 11.2 Å². The van der Waals surface area contributed by atoms with E-state index in [2.05, 4.69) is 0 Å². The van der Waals surface area contributed by atoms with Crippen molar-refractivity contribution in [2.75, 3.05) is 6.79 Å². The first kappa shape index (κ1) is 15.4. The number of rotatable bonds is 4. The van der Waals surface area contributed by atoms with Crippen LogP contribution in [-0.2, 0) is 27.1 Å². The highest BCUT2D eigenvalue weighted by Crippen LogP contribution is 2.28. The van der Waals surface area contributed by atoms with Crippen LogP contribution < -0.4 is 0 Å². The number of imide groups is 1. The molecule has 2 aromatic rings. The van der Waals surface area contributed by atoms with E-state index in [0.717, 1.165) is 11.1 Å². The molecular formula is C20H17NO4. The molecule has 0 saturated heterocycles. The van der Waals surface area contributed by atoms with E-state index >= 15 is 0 Å². The maximum atomic E-state index is 13.0. The highest BCUT2D eigenvalue weighted by Gasteiger charge is 2.39. The van der Waals surface area contributed by atoms with Crippen LogP contribution in [0.2, 0.25) is 0 Å². The van der Waals surface area contributed by atoms with Crippen molar-refractivity contribution in [1.82, 2.24) is 4.90 Å². The first-order chi connectivity index (χ1) is 12.2. The summed E-state index contributed by atoms with van der Waals surface area (Å²) in [5, 5.41) is 0. The molecule has 0 aliphatic carbocycles. The van der Waals surface area contributed by atoms with Gasteiger partial charge in [0.25, 0.3) is 5.91 Å². The number of carbonyl (C=O) groups excluding carboxylic acids is 2. The molecule has 5 heteroatoms. The molecular weight excluding hydrogens is 318 g/mol. The zero-order valence-corrected chi connectivity index (χ0v) is 13.6. The summed E-state index contributed by atoms with van der Waals surface area (Å²) in [6.45, 7) is 0.105. The highest BCUT2D eigenvalue weighted by molar-refractivity contribution is 6.10. The summed E-state index contributed by atoms with van der Waals surface area (Å²) in [7, 11) is 0. The van der Waals surface area contributed by atoms with Crippen molar-refractivity contribution in [3.05, 3.63) is 83.3 Å². The van der Waals surface area contributed by atoms with Gasteiger partial charge in [-0.05, 0) is 17.2 Å². The predicted molar refractivity (Wildman–Crippen MR) is 90.4 cm³/mol. The standard InChI is InChI=1S/C20H17NO4/c22-19-11-15-8-4-5-9-16(15)20(23)21(19)17(18-12-24-13-25-18)10-14-6-2-1-3-7-14/h1-9,12,17H,10-11,13H2. The van der Waals surface area contributed by atoms with Crippen molar-refractivity contribution in [1.29, 1.82) is 0 Å². The average molecular weight is 335 g/mol. The van der Waals surface area contributed by atoms with Crippen molar-refractivity contribution in [3.63, 3.8) is 0 Å². The predicted octanol–water partition coefficient (Wildman–Crippen LogP) is 2.67. The number of amides is 2. The van der Waals surface area contributed by atoms with Gasteiger partial charge >= 0.3 is 0 Å². The van der Waals surface area contributed by atoms with Crippen LogP contribution in [0.25, 0.3) is 0 Å². The third-order valence-corrected chi connectivity index (χ3v) is 4.48. The Bertz CT molecular complexity index is 844. The molecule has 0 radical (unpaired) electrons. The van der Waals surface area contributed by atoms with E-state index in [9.17, 15) is 9.59 Å². The minimum atomic E-state index is -0.516. The first-order valence-corrected chi connectivity index (χ1v) is 8.17. The van der Waals surface area contributed by atoms with Crippen molar-refractivity contribution >= 4 is 11.8 Å². The van der Waals surface area contributed by atoms with E-state index in [1.807, 2.05) is 48.5 Å². The Kier molecular flexibility index (Phi) is 3.98. The molecule has 1 atom stereocenters. The number of hydrogen-bond donors (Lipinski definition) is 0. The van der Waals surface area contributed by atoms with Gasteiger partial charge in [0.1, 0.15) is 12.3 Å². The monoisotopic (exact) mass is 335 g/mol. The quantitative estimate of drug-likeness (QED) is 0.806. The molecule has 0 aromatic heterocycles. The molecule has 1 unspecified atom stereocenters. The summed E-state index contributed by atoms with van der Waals surface area (Å²) in [6.07, 6.45) is 2.19. The second kappa shape index (κ2) is 6.43. The Balaban J connectivity index is 1.71. The summed E-state index contributed by atoms with van der Waals surface area (Å²) < 4.78 is 10.7. The molecule has 5 nitrogen and oxygen atoms in total. The third-order valence-electron chi connectivity index (χ3n) is 4.48. The normalized spacial score (nSPS) is 17.4. The molecule has 2 aromatic carbocycles. The fourth-order valence-electron chi connectivity index (χ4n) is 3.27. The van der Waals surface area contributed by atoms with E-state index in [1.54, 1.807) is 6.07 Å². The number of fused-ring (bicyclic) bond motifs is 1. The molecule has 2 amide bonds. The molecule has 0 N–H and O–H groups in total. The molecule has 0 bridgehead atoms. The van der Waals surface area contributed by atoms with Crippen LogP contribution in [0.15, 0.2) is 66.6 Å². The number of nitrogens with zero attached hydrogens (tertiary/aromatic N) is 1. The van der Waals surface area contributed by atoms with Gasteiger partial charge in [-0.15, -0.1) is 0 Å². The minimum absolute atomic E-state index is 0.105. The second-order valence-corrected chi connectivity index (χ2v) is 6.06. The Labute approximate surface area is 145 Å². The summed E-state index contributed by atoms with van der Waals surface area (Å²) in [5.41, 5.74) is 2.35. The van der Waals surface area contributed by atoms with Crippen molar-refractivity contribution in [3.8, 4) is 0 Å². The molecule has 25 heavy (non-hydrogen) atoms. The van der Waals surface area contributed by atoms with Crippen LogP contribution in [-0.4, -0.2) is 29.5 Å². The summed E-state index contributed by atoms with van der Waals surface area (Å²) in [5.74, 6) is -0.00449. The number of ether oxygens (including phenoxy) is 2. The number of carbonyl (C=O) groups is 2. The molecule has 2 aliphatic rings. The van der Waals surface area contributed by atoms with Gasteiger partial charge < -0.3 is 9.47 Å². The lowest BCUT2D eigenvalue weighted by atomic mass is 9.94. The van der Waals surface area contributed by atoms with Crippen LogP contribution in [0.1, 0.15) is 21.5 Å². The van der Waals surface area contributed by atoms with Crippen LogP contribution in [0, 0.1) is 0 Å². The van der Waals surface area contributed by atoms with Crippen LogP contribution in [0.3, 0.4) is 0 Å². The summed E-state index contributed by atoms with van der Waals surface area (Å²) in [4.78, 5) is 27.0. The van der Waals surface area contributed by atoms with Crippen LogP contribution in [0.5, 0.6) is 0 Å². The number of benzene rings is 2. The first-order valence-electron chi connectivity index (χ1n) is 8.17. The van der Waals surface area contributed by atoms with Gasteiger partial charge in [0.2, 0.25) is 12.7 Å². The lowest BCUT2D eigenvalue weighted by molar-refractivity contribution is -0.130. The molecule has 4 rings (SSSR count). The summed E-state index contributed by atoms with van der Waals surface area (Å²) in [6, 6.07) is 16.5. The van der Waals surface area contributed by atoms with Crippen molar-refractivity contribution in [2.24, 2.45) is 0 Å². The Hall–Kier alpha value is -3.08. The van der Waals surface area contributed by atoms with Gasteiger partial charge in [-0.3, -0.25) is 14.5 Å². The fourth-order valence-corrected chi connectivity index (χ4v) is 3.27. The van der Waals surface area contributed by atoms with Gasteiger partial charge in [-0.25, -0.2) is 0 Å². The lowest BCUT2D eigenvalue weighted by Gasteiger charge is -2.33. The summed E-state index contributed by atoms with van der Waals surface area (Å²) >= 11 is 0. The largest absolute Gasteiger partial charge is 0.462 e. The fraction of sp³-hybridized carbons (Fsp3) is 0.200. The van der Waals surface area contributed by atoms with E-state index in [0.29, 0.717) is 17.7 Å². The molecule has 126 valence electrons. The number of hydrogen-bond acceptors (Lipinski definition) is 4. The molecule has 0 saturated carbocycles. The maximum absolute atomic E-state index is 13.0. The van der Waals surface area contributed by atoms with Crippen molar-refractivity contribution in [2.45, 2.75) is 18.9 Å². The topological polar surface area (TPSA) is 55.8 Å². The maximum Gasteiger partial charge on any atom is 0.261 e. The minimum Gasteiger partial charge on any atom is -0.462 e. The Morgan fingerprint density at radius 2 is 1.76 bits per heavy atom. The van der Waals surface area contributed by atoms with E-state index in [4.69, 9.17) is 9.47 Å². The second-order valence-electron chi connectivity index (χ2n) is 6.06. The van der Waals surface area contributed by atoms with Gasteiger partial charge in [0, 0.05) is 12.0 Å². The van der Waals surface area contributed by atoms with Gasteiger partial charge in [-0.1, -0.05) is 48.5 Å². The van der Waals surface area contributed by atoms with Gasteiger partial charge in [0.05, 0.1) is 6.42 Å². The Morgan fingerprint density at radius 1 is 1.00 bits per heavy atom. The molecule has 2 aliphatic heterocycles. The molecule has 2 heterocycles. The smallest absolute Gasteiger partial charge is 0.261 e. The zero-order valence-electron chi connectivity index (χ0n) is 13.6. The van der Waals surface area contributed by atoms with Gasteiger partial charge in [0.15, 0.2) is 5.76 Å². The van der Waals surface area contributed by atoms with Crippen LogP contribution >= 0.6 is 0 Å². The van der Waals surface area contributed by atoms with E-state index < -0.39 is 6.04 Å². The Morgan fingerprint density at radius 3 is 2.52 bits per heavy atom. The van der Waals surface area contributed by atoms with E-state index in [-0.39, 0.29) is 25.0 Å². The zero-order chi connectivity index (χ0) is 17.2.